The number of anilines is 1. The Labute approximate surface area is 158 Å². The van der Waals surface area contributed by atoms with E-state index < -0.39 is 17.6 Å². The number of benzene rings is 2. The number of halogens is 1. The number of hydrogen-bond acceptors (Lipinski definition) is 4. The fourth-order valence-corrected chi connectivity index (χ4v) is 2.89. The van der Waals surface area contributed by atoms with Crippen LogP contribution in [0.2, 0.25) is 0 Å². The minimum Gasteiger partial charge on any atom is -0.321 e. The molecule has 3 amide bonds. The Morgan fingerprint density at radius 3 is 2.04 bits per heavy atom. The summed E-state index contributed by atoms with van der Waals surface area (Å²) in [5.74, 6) is -2.49. The van der Waals surface area contributed by atoms with E-state index in [2.05, 4.69) is 16.2 Å². The van der Waals surface area contributed by atoms with Crippen LogP contribution < -0.4 is 16.2 Å². The van der Waals surface area contributed by atoms with Crippen molar-refractivity contribution >= 4 is 34.7 Å². The molecule has 1 aromatic heterocycles. The number of hydrogen-bond donors (Lipinski definition) is 3. The molecule has 3 rings (SSSR count). The van der Waals surface area contributed by atoms with Gasteiger partial charge in [-0.15, -0.1) is 11.3 Å². The molecule has 0 unspecified atom stereocenters. The minimum absolute atomic E-state index is 0.149. The van der Waals surface area contributed by atoms with Crippen LogP contribution in [0.4, 0.5) is 10.1 Å². The van der Waals surface area contributed by atoms with Crippen LogP contribution in [0.25, 0.3) is 0 Å². The molecule has 0 aliphatic rings. The van der Waals surface area contributed by atoms with E-state index in [0.717, 1.165) is 6.07 Å². The quantitative estimate of drug-likeness (QED) is 0.605. The molecule has 0 saturated heterocycles. The average Bonchev–Trinajstić information content (AvgIpc) is 3.21. The van der Waals surface area contributed by atoms with Gasteiger partial charge in [-0.05, 0) is 35.7 Å². The first-order chi connectivity index (χ1) is 13.1. The molecule has 3 N–H and O–H groups in total. The van der Waals surface area contributed by atoms with Crippen LogP contribution in [0, 0.1) is 5.82 Å². The summed E-state index contributed by atoms with van der Waals surface area (Å²) in [5.41, 5.74) is 4.61. The van der Waals surface area contributed by atoms with Gasteiger partial charge in [0.15, 0.2) is 0 Å². The molecule has 8 heteroatoms. The Kier molecular flexibility index (Phi) is 5.58. The van der Waals surface area contributed by atoms with Crippen molar-refractivity contribution in [3.05, 3.63) is 87.9 Å². The van der Waals surface area contributed by atoms with E-state index in [9.17, 15) is 18.8 Å². The fraction of sp³-hybridized carbons (Fsp3) is 0. The second-order valence-electron chi connectivity index (χ2n) is 5.37. The van der Waals surface area contributed by atoms with E-state index in [4.69, 9.17) is 0 Å². The van der Waals surface area contributed by atoms with Crippen LogP contribution in [0.15, 0.2) is 66.0 Å². The summed E-state index contributed by atoms with van der Waals surface area (Å²) < 4.78 is 13.6. The normalized spacial score (nSPS) is 10.1. The van der Waals surface area contributed by atoms with Gasteiger partial charge < -0.3 is 5.32 Å². The number of amides is 3. The molecular weight excluding hydrogens is 369 g/mol. The van der Waals surface area contributed by atoms with Crippen molar-refractivity contribution in [2.24, 2.45) is 0 Å². The average molecular weight is 383 g/mol. The smallest absolute Gasteiger partial charge is 0.272 e. The maximum atomic E-state index is 13.6. The Morgan fingerprint density at radius 1 is 0.741 bits per heavy atom. The molecule has 136 valence electrons. The van der Waals surface area contributed by atoms with Crippen molar-refractivity contribution in [2.75, 3.05) is 5.32 Å². The van der Waals surface area contributed by atoms with Crippen molar-refractivity contribution in [3.8, 4) is 0 Å². The lowest BCUT2D eigenvalue weighted by molar-refractivity contribution is 0.0844. The molecule has 3 aromatic rings. The predicted molar refractivity (Wildman–Crippen MR) is 100 cm³/mol. The lowest BCUT2D eigenvalue weighted by atomic mass is 10.1. The molecule has 2 aromatic carbocycles. The van der Waals surface area contributed by atoms with Gasteiger partial charge in [-0.25, -0.2) is 4.39 Å². The minimum atomic E-state index is -0.790. The summed E-state index contributed by atoms with van der Waals surface area (Å²) in [6.07, 6.45) is 0. The van der Waals surface area contributed by atoms with Crippen LogP contribution >= 0.6 is 11.3 Å². The molecule has 0 radical (unpaired) electrons. The van der Waals surface area contributed by atoms with Gasteiger partial charge in [0.2, 0.25) is 0 Å². The maximum Gasteiger partial charge on any atom is 0.272 e. The first-order valence-electron chi connectivity index (χ1n) is 7.85. The van der Waals surface area contributed by atoms with Crippen molar-refractivity contribution in [1.29, 1.82) is 0 Å². The van der Waals surface area contributed by atoms with Gasteiger partial charge in [-0.3, -0.25) is 25.2 Å². The van der Waals surface area contributed by atoms with Gasteiger partial charge in [0, 0.05) is 0 Å². The molecule has 0 saturated carbocycles. The summed E-state index contributed by atoms with van der Waals surface area (Å²) >= 11 is 1.27. The number of nitrogens with one attached hydrogen (secondary N) is 3. The summed E-state index contributed by atoms with van der Waals surface area (Å²) in [7, 11) is 0. The highest BCUT2D eigenvalue weighted by Crippen LogP contribution is 2.17. The zero-order valence-corrected chi connectivity index (χ0v) is 14.7. The Bertz CT molecular complexity index is 989. The highest BCUT2D eigenvalue weighted by atomic mass is 32.1. The first kappa shape index (κ1) is 18.3. The highest BCUT2D eigenvalue weighted by molar-refractivity contribution is 7.12. The summed E-state index contributed by atoms with van der Waals surface area (Å²) in [4.78, 5) is 37.1. The number of rotatable bonds is 4. The van der Waals surface area contributed by atoms with Crippen LogP contribution in [0.5, 0.6) is 0 Å². The molecule has 0 bridgehead atoms. The third-order valence-corrected chi connectivity index (χ3v) is 4.44. The molecule has 0 aliphatic heterocycles. The monoisotopic (exact) mass is 383 g/mol. The number of hydrazine groups is 1. The second kappa shape index (κ2) is 8.24. The topological polar surface area (TPSA) is 87.3 Å². The van der Waals surface area contributed by atoms with Gasteiger partial charge in [-0.1, -0.05) is 30.3 Å². The highest BCUT2D eigenvalue weighted by Gasteiger charge is 2.16. The molecular formula is C19H14FN3O3S. The first-order valence-corrected chi connectivity index (χ1v) is 8.73. The number of thiophene rings is 1. The summed E-state index contributed by atoms with van der Waals surface area (Å²) in [6.45, 7) is 0. The molecule has 6 nitrogen and oxygen atoms in total. The third kappa shape index (κ3) is 4.36. The molecule has 27 heavy (non-hydrogen) atoms. The van der Waals surface area contributed by atoms with Crippen molar-refractivity contribution in [3.63, 3.8) is 0 Å². The fourth-order valence-electron chi connectivity index (χ4n) is 2.28. The SMILES string of the molecule is O=C(Nc1ccccc1C(=O)NNC(=O)c1ccccc1F)c1cccs1. The summed E-state index contributed by atoms with van der Waals surface area (Å²) in [5, 5.41) is 4.43. The Balaban J connectivity index is 1.69. The zero-order valence-electron chi connectivity index (χ0n) is 13.9. The lowest BCUT2D eigenvalue weighted by Crippen LogP contribution is -2.42. The van der Waals surface area contributed by atoms with Crippen LogP contribution in [-0.2, 0) is 0 Å². The van der Waals surface area contributed by atoms with Crippen LogP contribution in [0.1, 0.15) is 30.4 Å². The third-order valence-electron chi connectivity index (χ3n) is 3.57. The van der Waals surface area contributed by atoms with Crippen molar-refractivity contribution < 1.29 is 18.8 Å². The lowest BCUT2D eigenvalue weighted by Gasteiger charge is -2.12. The van der Waals surface area contributed by atoms with Crippen molar-refractivity contribution in [1.82, 2.24) is 10.9 Å². The van der Waals surface area contributed by atoms with E-state index in [0.29, 0.717) is 4.88 Å². The van der Waals surface area contributed by atoms with Gasteiger partial charge >= 0.3 is 0 Å². The maximum absolute atomic E-state index is 13.6. The Hall–Kier alpha value is -3.52. The number of carbonyl (C=O) groups excluding carboxylic acids is 3. The van der Waals surface area contributed by atoms with E-state index in [1.807, 2.05) is 0 Å². The van der Waals surface area contributed by atoms with E-state index >= 15 is 0 Å². The van der Waals surface area contributed by atoms with Gasteiger partial charge in [0.1, 0.15) is 5.82 Å². The number of carbonyl (C=O) groups is 3. The van der Waals surface area contributed by atoms with E-state index in [1.165, 1.54) is 35.6 Å². The van der Waals surface area contributed by atoms with Gasteiger partial charge in [0.05, 0.1) is 21.7 Å². The van der Waals surface area contributed by atoms with Crippen molar-refractivity contribution in [2.45, 2.75) is 0 Å². The van der Waals surface area contributed by atoms with Crippen LogP contribution in [0.3, 0.4) is 0 Å². The molecule has 0 aliphatic carbocycles. The van der Waals surface area contributed by atoms with Gasteiger partial charge in [0.25, 0.3) is 17.7 Å². The van der Waals surface area contributed by atoms with Crippen LogP contribution in [-0.4, -0.2) is 17.7 Å². The molecule has 0 fully saturated rings. The molecule has 0 spiro atoms. The number of para-hydroxylation sites is 1. The van der Waals surface area contributed by atoms with E-state index in [-0.39, 0.29) is 22.7 Å². The second-order valence-corrected chi connectivity index (χ2v) is 6.31. The zero-order chi connectivity index (χ0) is 19.2. The molecule has 1 heterocycles. The predicted octanol–water partition coefficient (Wildman–Crippen LogP) is 3.21. The largest absolute Gasteiger partial charge is 0.321 e. The summed E-state index contributed by atoms with van der Waals surface area (Å²) in [6, 6.07) is 15.2. The van der Waals surface area contributed by atoms with E-state index in [1.54, 1.807) is 35.7 Å². The van der Waals surface area contributed by atoms with Gasteiger partial charge in [-0.2, -0.15) is 0 Å². The Morgan fingerprint density at radius 2 is 1.37 bits per heavy atom. The molecule has 0 atom stereocenters. The standard InChI is InChI=1S/C19H14FN3O3S/c20-14-8-3-1-6-12(14)17(24)22-23-18(25)13-7-2-4-9-15(13)21-19(26)16-10-5-11-27-16/h1-11H,(H,21,26)(H,22,24)(H,23,25).